The van der Waals surface area contributed by atoms with E-state index in [1.807, 2.05) is 30.3 Å². The van der Waals surface area contributed by atoms with E-state index < -0.39 is 6.09 Å². The molecular weight excluding hydrogens is 274 g/mol. The fourth-order valence-electron chi connectivity index (χ4n) is 1.65. The van der Waals surface area contributed by atoms with E-state index in [0.29, 0.717) is 10.9 Å². The normalized spacial score (nSPS) is 10.2. The van der Waals surface area contributed by atoms with E-state index in [-0.39, 0.29) is 0 Å². The van der Waals surface area contributed by atoms with Crippen LogP contribution in [0, 0.1) is 0 Å². The minimum atomic E-state index is -0.588. The van der Waals surface area contributed by atoms with Gasteiger partial charge < -0.3 is 4.74 Å². The van der Waals surface area contributed by atoms with Crippen LogP contribution in [0.2, 0.25) is 0 Å². The molecule has 0 saturated carbocycles. The van der Waals surface area contributed by atoms with Crippen molar-refractivity contribution >= 4 is 32.8 Å². The molecule has 1 amide bonds. The van der Waals surface area contributed by atoms with Gasteiger partial charge in [-0.15, -0.1) is 0 Å². The molecule has 1 aromatic heterocycles. The Morgan fingerprint density at radius 2 is 1.80 bits per heavy atom. The highest BCUT2D eigenvalue weighted by atomic mass is 32.1. The zero-order chi connectivity index (χ0) is 13.8. The van der Waals surface area contributed by atoms with Crippen molar-refractivity contribution in [2.45, 2.75) is 0 Å². The Hall–Kier alpha value is -2.60. The number of aromatic nitrogens is 1. The van der Waals surface area contributed by atoms with E-state index in [1.54, 1.807) is 24.3 Å². The second kappa shape index (κ2) is 5.58. The van der Waals surface area contributed by atoms with Gasteiger partial charge in [-0.3, -0.25) is 5.43 Å². The molecule has 0 fully saturated rings. The summed E-state index contributed by atoms with van der Waals surface area (Å²) in [7, 11) is 0. The summed E-state index contributed by atoms with van der Waals surface area (Å²) >= 11 is 1.45. The van der Waals surface area contributed by atoms with Crippen LogP contribution in [0.3, 0.4) is 0 Å². The molecule has 0 aliphatic carbocycles. The fraction of sp³-hybridized carbons (Fsp3) is 0. The molecule has 0 bridgehead atoms. The van der Waals surface area contributed by atoms with Crippen LogP contribution in [0.15, 0.2) is 54.6 Å². The quantitative estimate of drug-likeness (QED) is 0.724. The highest BCUT2D eigenvalue weighted by Gasteiger charge is 2.06. The first-order chi connectivity index (χ1) is 9.81. The van der Waals surface area contributed by atoms with Gasteiger partial charge >= 0.3 is 6.09 Å². The lowest BCUT2D eigenvalue weighted by molar-refractivity contribution is 0.203. The van der Waals surface area contributed by atoms with E-state index in [0.717, 1.165) is 10.2 Å². The topological polar surface area (TPSA) is 63.2 Å². The van der Waals surface area contributed by atoms with Gasteiger partial charge in [-0.2, -0.15) is 0 Å². The lowest BCUT2D eigenvalue weighted by Crippen LogP contribution is -2.31. The Kier molecular flexibility index (Phi) is 3.47. The second-order valence-electron chi connectivity index (χ2n) is 3.94. The van der Waals surface area contributed by atoms with Crippen LogP contribution >= 0.6 is 11.3 Å². The SMILES string of the molecule is O=C(NNc1nc2ccccc2s1)Oc1ccccc1. The molecule has 2 N–H and O–H groups in total. The molecule has 0 aliphatic rings. The molecule has 0 radical (unpaired) electrons. The highest BCUT2D eigenvalue weighted by molar-refractivity contribution is 7.22. The third-order valence-electron chi connectivity index (χ3n) is 2.52. The Bertz CT molecular complexity index is 694. The maximum atomic E-state index is 11.6. The summed E-state index contributed by atoms with van der Waals surface area (Å²) in [5, 5.41) is 0.608. The fourth-order valence-corrected chi connectivity index (χ4v) is 2.47. The van der Waals surface area contributed by atoms with Crippen molar-refractivity contribution in [3.05, 3.63) is 54.6 Å². The molecule has 0 unspecified atom stereocenters. The number of thiazole rings is 1. The van der Waals surface area contributed by atoms with Crippen LogP contribution in [0.25, 0.3) is 10.2 Å². The average molecular weight is 285 g/mol. The zero-order valence-electron chi connectivity index (χ0n) is 10.4. The Morgan fingerprint density at radius 3 is 2.60 bits per heavy atom. The zero-order valence-corrected chi connectivity index (χ0v) is 11.2. The Balaban J connectivity index is 1.60. The van der Waals surface area contributed by atoms with Gasteiger partial charge in [0.2, 0.25) is 5.13 Å². The molecule has 5 nitrogen and oxygen atoms in total. The molecule has 2 aromatic carbocycles. The molecule has 3 aromatic rings. The van der Waals surface area contributed by atoms with E-state index >= 15 is 0 Å². The summed E-state index contributed by atoms with van der Waals surface area (Å²) in [5.41, 5.74) is 6.07. The van der Waals surface area contributed by atoms with E-state index in [9.17, 15) is 4.79 Å². The van der Waals surface area contributed by atoms with Crippen molar-refractivity contribution < 1.29 is 9.53 Å². The van der Waals surface area contributed by atoms with Gasteiger partial charge in [0.25, 0.3) is 0 Å². The van der Waals surface area contributed by atoms with Crippen LogP contribution in [-0.2, 0) is 0 Å². The Labute approximate surface area is 119 Å². The maximum Gasteiger partial charge on any atom is 0.431 e. The number of hydrogen-bond donors (Lipinski definition) is 2. The summed E-state index contributed by atoms with van der Waals surface area (Å²) < 4.78 is 6.12. The molecule has 20 heavy (non-hydrogen) atoms. The molecule has 0 aliphatic heterocycles. The molecule has 3 rings (SSSR count). The lowest BCUT2D eigenvalue weighted by Gasteiger charge is -2.06. The van der Waals surface area contributed by atoms with E-state index in [1.165, 1.54) is 11.3 Å². The standard InChI is InChI=1S/C14H11N3O2S/c18-14(19-10-6-2-1-3-7-10)17-16-13-15-11-8-4-5-9-12(11)20-13/h1-9H,(H,15,16)(H,17,18). The smallest absolute Gasteiger partial charge is 0.409 e. The number of nitrogens with zero attached hydrogens (tertiary/aromatic N) is 1. The number of carbonyl (C=O) groups is 1. The number of hydrogen-bond acceptors (Lipinski definition) is 5. The van der Waals surface area contributed by atoms with Crippen molar-refractivity contribution in [3.63, 3.8) is 0 Å². The van der Waals surface area contributed by atoms with Gasteiger partial charge in [-0.1, -0.05) is 41.7 Å². The largest absolute Gasteiger partial charge is 0.431 e. The number of carbonyl (C=O) groups excluding carboxylic acids is 1. The number of nitrogens with one attached hydrogen (secondary N) is 2. The van der Waals surface area contributed by atoms with Gasteiger partial charge in [0.1, 0.15) is 5.75 Å². The number of benzene rings is 2. The summed E-state index contributed by atoms with van der Waals surface area (Å²) in [4.78, 5) is 15.9. The molecule has 0 saturated heterocycles. The monoisotopic (exact) mass is 285 g/mol. The van der Waals surface area contributed by atoms with Crippen LogP contribution < -0.4 is 15.6 Å². The molecule has 0 atom stereocenters. The number of ether oxygens (including phenoxy) is 1. The second-order valence-corrected chi connectivity index (χ2v) is 4.97. The van der Waals surface area contributed by atoms with Gasteiger partial charge in [-0.25, -0.2) is 15.2 Å². The first kappa shape index (κ1) is 12.4. The minimum absolute atomic E-state index is 0.482. The first-order valence-corrected chi connectivity index (χ1v) is 6.77. The van der Waals surface area contributed by atoms with Crippen molar-refractivity contribution in [3.8, 4) is 5.75 Å². The molecule has 6 heteroatoms. The number of fused-ring (bicyclic) bond motifs is 1. The number of para-hydroxylation sites is 2. The predicted octanol–water partition coefficient (Wildman–Crippen LogP) is 3.41. The first-order valence-electron chi connectivity index (χ1n) is 5.96. The highest BCUT2D eigenvalue weighted by Crippen LogP contribution is 2.24. The van der Waals surface area contributed by atoms with Gasteiger partial charge in [0, 0.05) is 0 Å². The van der Waals surface area contributed by atoms with Crippen LogP contribution in [0.4, 0.5) is 9.93 Å². The number of anilines is 1. The van der Waals surface area contributed by atoms with Gasteiger partial charge in [0.15, 0.2) is 0 Å². The number of amides is 1. The Morgan fingerprint density at radius 1 is 1.05 bits per heavy atom. The number of rotatable bonds is 3. The van der Waals surface area contributed by atoms with Crippen molar-refractivity contribution in [1.29, 1.82) is 0 Å². The van der Waals surface area contributed by atoms with Crippen LogP contribution in [0.5, 0.6) is 5.75 Å². The summed E-state index contributed by atoms with van der Waals surface area (Å²) in [6.07, 6.45) is -0.588. The van der Waals surface area contributed by atoms with Crippen molar-refractivity contribution in [2.24, 2.45) is 0 Å². The van der Waals surface area contributed by atoms with Gasteiger partial charge in [0.05, 0.1) is 10.2 Å². The van der Waals surface area contributed by atoms with Crippen molar-refractivity contribution in [1.82, 2.24) is 10.4 Å². The molecule has 100 valence electrons. The molecule has 0 spiro atoms. The number of hydrazine groups is 1. The van der Waals surface area contributed by atoms with E-state index in [4.69, 9.17) is 4.74 Å². The van der Waals surface area contributed by atoms with Gasteiger partial charge in [-0.05, 0) is 24.3 Å². The summed E-state index contributed by atoms with van der Waals surface area (Å²) in [6, 6.07) is 16.6. The molecular formula is C14H11N3O2S. The van der Waals surface area contributed by atoms with Crippen LogP contribution in [-0.4, -0.2) is 11.1 Å². The minimum Gasteiger partial charge on any atom is -0.409 e. The summed E-state index contributed by atoms with van der Waals surface area (Å²) in [5.74, 6) is 0.482. The molecule has 1 heterocycles. The average Bonchev–Trinajstić information content (AvgIpc) is 2.89. The third kappa shape index (κ3) is 2.86. The van der Waals surface area contributed by atoms with Crippen molar-refractivity contribution in [2.75, 3.05) is 5.43 Å². The third-order valence-corrected chi connectivity index (χ3v) is 3.47. The maximum absolute atomic E-state index is 11.6. The lowest BCUT2D eigenvalue weighted by atomic mass is 10.3. The van der Waals surface area contributed by atoms with Crippen LogP contribution in [0.1, 0.15) is 0 Å². The predicted molar refractivity (Wildman–Crippen MR) is 78.8 cm³/mol. The summed E-state index contributed by atoms with van der Waals surface area (Å²) in [6.45, 7) is 0. The van der Waals surface area contributed by atoms with E-state index in [2.05, 4.69) is 15.8 Å².